The van der Waals surface area contributed by atoms with Crippen molar-refractivity contribution >= 4 is 154 Å². The number of phenols is 1. The summed E-state index contributed by atoms with van der Waals surface area (Å²) < 4.78 is 7.64. The van der Waals surface area contributed by atoms with E-state index in [0.717, 1.165) is 0 Å². The number of carboxylic acid groups (broad SMARTS) is 1. The molecular weight excluding hydrogens is 1010 g/mol. The predicted molar refractivity (Wildman–Crippen MR) is 164 cm³/mol. The number of benzene rings is 3. The molecule has 0 saturated carbocycles. The standard InChI is InChI=1S/C20H4Cl4I4O5.K/c21-10-8(9(20(31)32)11(22)13(24)12(10)23)7-3-1-5(25)16(29)14(27)18(3)33-19-4(7)2-6(26)17(30)15(19)28;/h1-2,29H,(H,31,32);/q;+1. The summed E-state index contributed by atoms with van der Waals surface area (Å²) in [6, 6.07) is 3.22. The van der Waals surface area contributed by atoms with Crippen molar-refractivity contribution in [1.82, 2.24) is 0 Å². The van der Waals surface area contributed by atoms with Gasteiger partial charge in [-0.15, -0.1) is 0 Å². The van der Waals surface area contributed by atoms with Gasteiger partial charge in [-0.3, -0.25) is 4.79 Å². The van der Waals surface area contributed by atoms with Crippen LogP contribution < -0.4 is 56.8 Å². The second-order valence-electron chi connectivity index (χ2n) is 6.56. The number of aromatic carboxylic acids is 1. The van der Waals surface area contributed by atoms with Crippen LogP contribution in [0.25, 0.3) is 33.4 Å². The molecule has 2 aromatic carbocycles. The molecule has 1 heterocycles. The van der Waals surface area contributed by atoms with Crippen LogP contribution in [0.3, 0.4) is 0 Å². The fourth-order valence-corrected chi connectivity index (χ4v) is 7.93. The summed E-state index contributed by atoms with van der Waals surface area (Å²) in [5, 5.41) is 20.3. The van der Waals surface area contributed by atoms with Gasteiger partial charge in [0, 0.05) is 22.1 Å². The minimum Gasteiger partial charge on any atom is -0.506 e. The van der Waals surface area contributed by atoms with Crippen molar-refractivity contribution < 1.29 is 70.8 Å². The van der Waals surface area contributed by atoms with Crippen LogP contribution in [0.5, 0.6) is 5.75 Å². The topological polar surface area (TPSA) is 87.7 Å². The molecule has 0 spiro atoms. The Bertz CT molecular complexity index is 1570. The number of halogens is 8. The van der Waals surface area contributed by atoms with Crippen LogP contribution in [0, 0.1) is 14.3 Å². The summed E-state index contributed by atoms with van der Waals surface area (Å²) in [5.74, 6) is -1.18. The number of carboxylic acids is 1. The van der Waals surface area contributed by atoms with Gasteiger partial charge in [-0.2, -0.15) is 0 Å². The fraction of sp³-hybridized carbons (Fsp3) is 0. The number of aromatic hydroxyl groups is 1. The predicted octanol–water partition coefficient (Wildman–Crippen LogP) is 6.00. The van der Waals surface area contributed by atoms with Gasteiger partial charge >= 0.3 is 57.4 Å². The minimum atomic E-state index is -1.37. The number of rotatable bonds is 2. The molecule has 4 rings (SSSR count). The number of fused-ring (bicyclic) bond motifs is 2. The van der Waals surface area contributed by atoms with Gasteiger partial charge in [0.2, 0.25) is 5.43 Å². The van der Waals surface area contributed by atoms with Crippen molar-refractivity contribution in [2.75, 3.05) is 0 Å². The number of hydrogen-bond donors (Lipinski definition) is 2. The molecule has 2 aliphatic rings. The van der Waals surface area contributed by atoms with Gasteiger partial charge in [0.05, 0.1) is 36.4 Å². The average Bonchev–Trinajstić information content (AvgIpc) is 2.76. The smallest absolute Gasteiger partial charge is 0.506 e. The summed E-state index contributed by atoms with van der Waals surface area (Å²) in [6.45, 7) is 0. The number of carbonyl (C=O) groups is 1. The first-order valence-electron chi connectivity index (χ1n) is 8.43. The van der Waals surface area contributed by atoms with Crippen molar-refractivity contribution in [1.29, 1.82) is 0 Å². The van der Waals surface area contributed by atoms with Crippen LogP contribution in [0.2, 0.25) is 20.1 Å². The normalized spacial score (nSPS) is 11.2. The van der Waals surface area contributed by atoms with Crippen molar-refractivity contribution in [2.24, 2.45) is 0 Å². The van der Waals surface area contributed by atoms with Gasteiger partial charge in [0.25, 0.3) is 0 Å². The van der Waals surface area contributed by atoms with Crippen molar-refractivity contribution in [3.63, 3.8) is 0 Å². The third kappa shape index (κ3) is 5.05. The molecule has 0 aromatic heterocycles. The summed E-state index contributed by atoms with van der Waals surface area (Å²) in [6.07, 6.45) is 0. The van der Waals surface area contributed by atoms with Crippen molar-refractivity contribution in [2.45, 2.75) is 0 Å². The Morgan fingerprint density at radius 1 is 0.853 bits per heavy atom. The molecule has 34 heavy (non-hydrogen) atoms. The van der Waals surface area contributed by atoms with Crippen LogP contribution in [0.1, 0.15) is 10.4 Å². The van der Waals surface area contributed by atoms with Crippen LogP contribution >= 0.6 is 137 Å². The molecule has 170 valence electrons. The van der Waals surface area contributed by atoms with E-state index in [9.17, 15) is 19.8 Å². The third-order valence-corrected chi connectivity index (χ3v) is 10.2. The minimum absolute atomic E-state index is 0. The maximum atomic E-state index is 12.7. The van der Waals surface area contributed by atoms with Crippen molar-refractivity contribution in [3.05, 3.63) is 62.3 Å². The Morgan fingerprint density at radius 3 is 2.03 bits per heavy atom. The zero-order valence-electron chi connectivity index (χ0n) is 16.3. The fourth-order valence-electron chi connectivity index (χ4n) is 3.33. The maximum absolute atomic E-state index is 12.7. The molecule has 2 N–H and O–H groups in total. The Balaban J connectivity index is 0.00000324. The largest absolute Gasteiger partial charge is 1.00 e. The quantitative estimate of drug-likeness (QED) is 0.0847. The molecule has 5 nitrogen and oxygen atoms in total. The second-order valence-corrected chi connectivity index (χ2v) is 12.6. The molecule has 0 saturated heterocycles. The zero-order valence-corrected chi connectivity index (χ0v) is 31.1. The molecular formula is C20H4Cl4I4KO5+. The third-order valence-electron chi connectivity index (χ3n) is 4.75. The molecule has 1 aliphatic heterocycles. The van der Waals surface area contributed by atoms with Gasteiger partial charge in [-0.25, -0.2) is 4.79 Å². The van der Waals surface area contributed by atoms with Crippen LogP contribution in [0.4, 0.5) is 0 Å². The molecule has 0 unspecified atom stereocenters. The molecule has 14 heteroatoms. The van der Waals surface area contributed by atoms with E-state index >= 15 is 0 Å². The van der Waals surface area contributed by atoms with Crippen LogP contribution in [0.15, 0.2) is 21.3 Å². The second kappa shape index (κ2) is 11.7. The SMILES string of the molecule is O=C(O)c1c(Cl)c(Cl)c(Cl)c(Cl)c1-c1c2cc(I)c(=O)c(I)c-2oc2c(I)c(O)c(I)cc12.[K+]. The molecule has 2 aromatic rings. The Labute approximate surface area is 308 Å². The van der Waals surface area contributed by atoms with E-state index in [4.69, 9.17) is 50.8 Å². The monoisotopic (exact) mass is 1010 g/mol. The van der Waals surface area contributed by atoms with E-state index in [0.29, 0.717) is 27.2 Å². The zero-order chi connectivity index (χ0) is 24.5. The molecule has 0 bridgehead atoms. The first-order valence-corrected chi connectivity index (χ1v) is 14.3. The van der Waals surface area contributed by atoms with Gasteiger partial charge in [0.15, 0.2) is 11.3 Å². The van der Waals surface area contributed by atoms with Crippen LogP contribution in [-0.2, 0) is 0 Å². The van der Waals surface area contributed by atoms with E-state index in [1.165, 1.54) is 0 Å². The molecule has 0 fully saturated rings. The Kier molecular flexibility index (Phi) is 10.5. The summed E-state index contributed by atoms with van der Waals surface area (Å²) in [4.78, 5) is 25.0. The van der Waals surface area contributed by atoms with Gasteiger partial charge in [-0.1, -0.05) is 46.4 Å². The molecule has 1 aliphatic carbocycles. The Morgan fingerprint density at radius 2 is 1.44 bits per heavy atom. The van der Waals surface area contributed by atoms with E-state index in [1.807, 2.05) is 90.4 Å². The number of phenolic OH excluding ortho intramolecular Hbond substituents is 1. The van der Waals surface area contributed by atoms with Crippen molar-refractivity contribution in [3.8, 4) is 28.2 Å². The molecule has 0 atom stereocenters. The summed E-state index contributed by atoms with van der Waals surface area (Å²) in [7, 11) is 0. The van der Waals surface area contributed by atoms with Crippen LogP contribution in [-0.4, -0.2) is 16.2 Å². The van der Waals surface area contributed by atoms with E-state index < -0.39 is 5.97 Å². The molecule has 0 amide bonds. The molecule has 0 radical (unpaired) electrons. The van der Waals surface area contributed by atoms with Gasteiger partial charge in [-0.05, 0) is 102 Å². The summed E-state index contributed by atoms with van der Waals surface area (Å²) in [5.41, 5.74) is 0.423. The average molecular weight is 1010 g/mol. The van der Waals surface area contributed by atoms with E-state index in [2.05, 4.69) is 0 Å². The van der Waals surface area contributed by atoms with E-state index in [1.54, 1.807) is 12.1 Å². The van der Waals surface area contributed by atoms with Gasteiger partial charge < -0.3 is 14.6 Å². The summed E-state index contributed by atoms with van der Waals surface area (Å²) >= 11 is 33.1. The van der Waals surface area contributed by atoms with Gasteiger partial charge in [0.1, 0.15) is 9.32 Å². The first-order chi connectivity index (χ1) is 15.4. The first kappa shape index (κ1) is 30.7. The van der Waals surface area contributed by atoms with E-state index in [-0.39, 0.29) is 109 Å². The number of hydrogen-bond acceptors (Lipinski definition) is 4. The maximum Gasteiger partial charge on any atom is 1.00 e. The Hall–Kier alpha value is 2.12.